The van der Waals surface area contributed by atoms with Gasteiger partial charge in [-0.1, -0.05) is 0 Å². The minimum atomic E-state index is 0.101. The third-order valence-electron chi connectivity index (χ3n) is 3.67. The van der Waals surface area contributed by atoms with Crippen LogP contribution in [0.5, 0.6) is 17.2 Å². The maximum Gasteiger partial charge on any atom is 0.203 e. The van der Waals surface area contributed by atoms with E-state index in [0.717, 1.165) is 18.0 Å². The second-order valence-electron chi connectivity index (χ2n) is 5.10. The van der Waals surface area contributed by atoms with Gasteiger partial charge in [0.25, 0.3) is 0 Å². The first-order valence-corrected chi connectivity index (χ1v) is 6.96. The van der Waals surface area contributed by atoms with E-state index in [1.807, 2.05) is 12.1 Å². The number of rotatable bonds is 8. The second-order valence-corrected chi connectivity index (χ2v) is 5.10. The molecule has 5 nitrogen and oxygen atoms in total. The van der Waals surface area contributed by atoms with Gasteiger partial charge in [-0.15, -0.1) is 0 Å². The molecule has 1 fully saturated rings. The van der Waals surface area contributed by atoms with Gasteiger partial charge in [0.15, 0.2) is 11.5 Å². The molecule has 1 aliphatic carbocycles. The number of nitrogens with one attached hydrogen (secondary N) is 1. The van der Waals surface area contributed by atoms with Crippen LogP contribution in [0.1, 0.15) is 24.4 Å². The summed E-state index contributed by atoms with van der Waals surface area (Å²) in [6.07, 6.45) is 2.64. The fourth-order valence-corrected chi connectivity index (χ4v) is 2.27. The first-order chi connectivity index (χ1) is 9.73. The maximum absolute atomic E-state index is 5.89. The van der Waals surface area contributed by atoms with Crippen molar-refractivity contribution in [2.24, 2.45) is 11.7 Å². The van der Waals surface area contributed by atoms with Gasteiger partial charge in [-0.05, 0) is 43.0 Å². The van der Waals surface area contributed by atoms with Crippen LogP contribution in [0.25, 0.3) is 0 Å². The zero-order valence-corrected chi connectivity index (χ0v) is 12.4. The summed E-state index contributed by atoms with van der Waals surface area (Å²) in [6, 6.07) is 4.02. The van der Waals surface area contributed by atoms with Crippen LogP contribution in [0.3, 0.4) is 0 Å². The van der Waals surface area contributed by atoms with E-state index in [2.05, 4.69) is 5.32 Å². The molecule has 3 N–H and O–H groups in total. The van der Waals surface area contributed by atoms with Crippen molar-refractivity contribution in [2.45, 2.75) is 18.9 Å². The molecule has 0 heterocycles. The Morgan fingerprint density at radius 2 is 1.75 bits per heavy atom. The Morgan fingerprint density at radius 3 is 2.15 bits per heavy atom. The van der Waals surface area contributed by atoms with Crippen molar-refractivity contribution in [3.63, 3.8) is 0 Å². The molecule has 0 amide bonds. The van der Waals surface area contributed by atoms with E-state index in [4.69, 9.17) is 19.9 Å². The molecule has 1 aromatic carbocycles. The van der Waals surface area contributed by atoms with Gasteiger partial charge in [-0.25, -0.2) is 0 Å². The van der Waals surface area contributed by atoms with Crippen LogP contribution >= 0.6 is 0 Å². The first-order valence-electron chi connectivity index (χ1n) is 6.96. The Balaban J connectivity index is 2.23. The molecule has 0 radical (unpaired) electrons. The van der Waals surface area contributed by atoms with E-state index < -0.39 is 0 Å². The summed E-state index contributed by atoms with van der Waals surface area (Å²) < 4.78 is 16.1. The molecular formula is C15H24N2O3. The highest BCUT2D eigenvalue weighted by molar-refractivity contribution is 5.54. The first kappa shape index (κ1) is 14.9. The minimum Gasteiger partial charge on any atom is -0.493 e. The van der Waals surface area contributed by atoms with E-state index in [0.29, 0.717) is 23.8 Å². The third-order valence-corrected chi connectivity index (χ3v) is 3.67. The summed E-state index contributed by atoms with van der Waals surface area (Å²) >= 11 is 0. The molecule has 5 heteroatoms. The van der Waals surface area contributed by atoms with Crippen molar-refractivity contribution in [1.82, 2.24) is 5.32 Å². The van der Waals surface area contributed by atoms with Gasteiger partial charge in [-0.3, -0.25) is 0 Å². The largest absolute Gasteiger partial charge is 0.493 e. The van der Waals surface area contributed by atoms with Crippen molar-refractivity contribution < 1.29 is 14.2 Å². The van der Waals surface area contributed by atoms with Gasteiger partial charge in [0.05, 0.1) is 21.3 Å². The molecular weight excluding hydrogens is 256 g/mol. The van der Waals surface area contributed by atoms with Crippen molar-refractivity contribution in [3.8, 4) is 17.2 Å². The predicted molar refractivity (Wildman–Crippen MR) is 78.6 cm³/mol. The molecule has 0 aromatic heterocycles. The second kappa shape index (κ2) is 6.81. The highest BCUT2D eigenvalue weighted by atomic mass is 16.5. The lowest BCUT2D eigenvalue weighted by Gasteiger charge is -2.20. The highest BCUT2D eigenvalue weighted by Gasteiger charge is 2.23. The van der Waals surface area contributed by atoms with Crippen LogP contribution in [0.2, 0.25) is 0 Å². The molecule has 0 bridgehead atoms. The lowest BCUT2D eigenvalue weighted by Crippen LogP contribution is -2.29. The number of benzene rings is 1. The van der Waals surface area contributed by atoms with Gasteiger partial charge >= 0.3 is 0 Å². The number of nitrogens with two attached hydrogens (primary N) is 1. The minimum absolute atomic E-state index is 0.101. The maximum atomic E-state index is 5.89. The lowest BCUT2D eigenvalue weighted by molar-refractivity contribution is 0.323. The average Bonchev–Trinajstić information content (AvgIpc) is 3.30. The standard InChI is InChI=1S/C15H24N2O3/c1-18-13-6-11(7-14(19-2)15(13)20-3)12(8-16)17-9-10-4-5-10/h6-7,10,12,17H,4-5,8-9,16H2,1-3H3. The fourth-order valence-electron chi connectivity index (χ4n) is 2.27. The van der Waals surface area contributed by atoms with Crippen molar-refractivity contribution in [3.05, 3.63) is 17.7 Å². The Labute approximate surface area is 120 Å². The third kappa shape index (κ3) is 3.35. The molecule has 1 unspecified atom stereocenters. The van der Waals surface area contributed by atoms with Crippen molar-refractivity contribution >= 4 is 0 Å². The molecule has 0 aliphatic heterocycles. The van der Waals surface area contributed by atoms with E-state index in [1.165, 1.54) is 12.8 Å². The van der Waals surface area contributed by atoms with E-state index in [9.17, 15) is 0 Å². The summed E-state index contributed by atoms with van der Waals surface area (Å²) in [5.41, 5.74) is 6.95. The van der Waals surface area contributed by atoms with Gasteiger partial charge in [0.1, 0.15) is 0 Å². The van der Waals surface area contributed by atoms with Crippen LogP contribution < -0.4 is 25.3 Å². The smallest absolute Gasteiger partial charge is 0.203 e. The van der Waals surface area contributed by atoms with Gasteiger partial charge in [-0.2, -0.15) is 0 Å². The lowest BCUT2D eigenvalue weighted by atomic mass is 10.1. The summed E-state index contributed by atoms with van der Waals surface area (Å²) in [7, 11) is 4.85. The number of ether oxygens (including phenoxy) is 3. The number of methoxy groups -OCH3 is 3. The topological polar surface area (TPSA) is 65.7 Å². The van der Waals surface area contributed by atoms with Crippen molar-refractivity contribution in [1.29, 1.82) is 0 Å². The molecule has 1 aromatic rings. The quantitative estimate of drug-likeness (QED) is 0.759. The van der Waals surface area contributed by atoms with Crippen LogP contribution in [0, 0.1) is 5.92 Å². The molecule has 1 aliphatic rings. The molecule has 0 spiro atoms. The molecule has 1 atom stereocenters. The molecule has 0 saturated heterocycles. The molecule has 1 saturated carbocycles. The van der Waals surface area contributed by atoms with E-state index >= 15 is 0 Å². The van der Waals surface area contributed by atoms with Crippen LogP contribution in [-0.4, -0.2) is 34.4 Å². The predicted octanol–water partition coefficient (Wildman–Crippen LogP) is 1.71. The van der Waals surface area contributed by atoms with Crippen molar-refractivity contribution in [2.75, 3.05) is 34.4 Å². The van der Waals surface area contributed by atoms with Gasteiger partial charge in [0.2, 0.25) is 5.75 Å². The molecule has 112 valence electrons. The zero-order chi connectivity index (χ0) is 14.5. The normalized spacial score (nSPS) is 15.8. The zero-order valence-electron chi connectivity index (χ0n) is 12.4. The van der Waals surface area contributed by atoms with Crippen LogP contribution in [0.15, 0.2) is 12.1 Å². The monoisotopic (exact) mass is 280 g/mol. The van der Waals surface area contributed by atoms with Crippen LogP contribution in [-0.2, 0) is 0 Å². The van der Waals surface area contributed by atoms with Crippen LogP contribution in [0.4, 0.5) is 0 Å². The molecule has 2 rings (SSSR count). The SMILES string of the molecule is COc1cc(C(CN)NCC2CC2)cc(OC)c1OC. The highest BCUT2D eigenvalue weighted by Crippen LogP contribution is 2.39. The van der Waals surface area contributed by atoms with E-state index in [-0.39, 0.29) is 6.04 Å². The number of hydrogen-bond donors (Lipinski definition) is 2. The Morgan fingerprint density at radius 1 is 1.15 bits per heavy atom. The fraction of sp³-hybridized carbons (Fsp3) is 0.600. The van der Waals surface area contributed by atoms with E-state index in [1.54, 1.807) is 21.3 Å². The Hall–Kier alpha value is -1.46. The van der Waals surface area contributed by atoms with Gasteiger partial charge in [0, 0.05) is 12.6 Å². The summed E-state index contributed by atoms with van der Waals surface area (Å²) in [6.45, 7) is 1.55. The summed E-state index contributed by atoms with van der Waals surface area (Å²) in [5, 5.41) is 3.51. The number of hydrogen-bond acceptors (Lipinski definition) is 5. The Bertz CT molecular complexity index is 422. The summed E-state index contributed by atoms with van der Waals surface area (Å²) in [5.74, 6) is 2.74. The summed E-state index contributed by atoms with van der Waals surface area (Å²) in [4.78, 5) is 0. The van der Waals surface area contributed by atoms with Gasteiger partial charge < -0.3 is 25.3 Å². The molecule has 20 heavy (non-hydrogen) atoms. The Kier molecular flexibility index (Phi) is 5.09. The average molecular weight is 280 g/mol.